The molecule has 0 atom stereocenters. The number of hydrogen-bond acceptors (Lipinski definition) is 7. The number of anilines is 2. The van der Waals surface area contributed by atoms with E-state index in [-0.39, 0.29) is 11.7 Å². The Balaban J connectivity index is 1.56. The first kappa shape index (κ1) is 16.8. The van der Waals surface area contributed by atoms with E-state index in [0.29, 0.717) is 23.8 Å². The molecule has 0 bridgehead atoms. The van der Waals surface area contributed by atoms with Crippen molar-refractivity contribution in [2.45, 2.75) is 13.5 Å². The maximum absolute atomic E-state index is 12.5. The van der Waals surface area contributed by atoms with E-state index in [2.05, 4.69) is 25.7 Å². The molecule has 0 aliphatic heterocycles. The summed E-state index contributed by atoms with van der Waals surface area (Å²) < 4.78 is 8.95. The van der Waals surface area contributed by atoms with Gasteiger partial charge < -0.3 is 14.6 Å². The second-order valence-electron chi connectivity index (χ2n) is 6.27. The van der Waals surface area contributed by atoms with E-state index >= 15 is 0 Å². The number of carbonyl (C=O) groups is 1. The molecule has 0 radical (unpaired) electrons. The summed E-state index contributed by atoms with van der Waals surface area (Å²) in [6.07, 6.45) is 3.30. The van der Waals surface area contributed by atoms with Gasteiger partial charge in [-0.2, -0.15) is 9.61 Å². The van der Waals surface area contributed by atoms with Crippen molar-refractivity contribution in [1.29, 1.82) is 0 Å². The zero-order valence-corrected chi connectivity index (χ0v) is 15.1. The van der Waals surface area contributed by atoms with Gasteiger partial charge in [-0.15, -0.1) is 5.10 Å². The van der Waals surface area contributed by atoms with Crippen molar-refractivity contribution >= 4 is 23.2 Å². The largest absolute Gasteiger partial charge is 0.454 e. The Morgan fingerprint density at radius 3 is 2.89 bits per heavy atom. The molecule has 0 aromatic carbocycles. The highest BCUT2D eigenvalue weighted by atomic mass is 16.4. The van der Waals surface area contributed by atoms with Crippen molar-refractivity contribution in [3.05, 3.63) is 53.9 Å². The maximum Gasteiger partial charge on any atom is 0.292 e. The van der Waals surface area contributed by atoms with Gasteiger partial charge in [-0.25, -0.2) is 9.67 Å². The Bertz CT molecular complexity index is 1090. The normalized spacial score (nSPS) is 11.1. The third kappa shape index (κ3) is 3.36. The molecule has 0 saturated carbocycles. The molecule has 4 aromatic rings. The molecular weight excluding hydrogens is 348 g/mol. The summed E-state index contributed by atoms with van der Waals surface area (Å²) in [5.74, 6) is 1.65. The van der Waals surface area contributed by atoms with E-state index in [1.54, 1.807) is 39.8 Å². The first-order valence-corrected chi connectivity index (χ1v) is 8.28. The second-order valence-corrected chi connectivity index (χ2v) is 6.27. The summed E-state index contributed by atoms with van der Waals surface area (Å²) in [6.45, 7) is 2.29. The zero-order chi connectivity index (χ0) is 19.0. The van der Waals surface area contributed by atoms with Crippen LogP contribution in [0.15, 0.2) is 41.1 Å². The van der Waals surface area contributed by atoms with Gasteiger partial charge in [-0.05, 0) is 19.1 Å². The Morgan fingerprint density at radius 2 is 2.15 bits per heavy atom. The molecule has 4 aromatic heterocycles. The Morgan fingerprint density at radius 1 is 1.30 bits per heavy atom. The number of furan rings is 1. The molecule has 138 valence electrons. The third-order valence-electron chi connectivity index (χ3n) is 3.91. The van der Waals surface area contributed by atoms with E-state index < -0.39 is 0 Å². The fraction of sp³-hybridized carbons (Fsp3) is 0.235. The van der Waals surface area contributed by atoms with Gasteiger partial charge in [0.1, 0.15) is 23.9 Å². The molecule has 10 nitrogen and oxygen atoms in total. The van der Waals surface area contributed by atoms with Crippen LogP contribution in [-0.2, 0) is 6.54 Å². The number of fused-ring (bicyclic) bond motifs is 1. The third-order valence-corrected chi connectivity index (χ3v) is 3.91. The van der Waals surface area contributed by atoms with E-state index in [1.807, 2.05) is 32.0 Å². The number of rotatable bonds is 5. The van der Waals surface area contributed by atoms with Crippen LogP contribution in [0.5, 0.6) is 0 Å². The van der Waals surface area contributed by atoms with E-state index in [9.17, 15) is 4.79 Å². The van der Waals surface area contributed by atoms with Crippen LogP contribution in [0.1, 0.15) is 22.0 Å². The number of nitrogens with one attached hydrogen (secondary N) is 1. The average molecular weight is 366 g/mol. The fourth-order valence-electron chi connectivity index (χ4n) is 2.70. The van der Waals surface area contributed by atoms with E-state index in [1.165, 1.54) is 0 Å². The summed E-state index contributed by atoms with van der Waals surface area (Å²) in [6, 6.07) is 6.97. The Labute approximate surface area is 154 Å². The van der Waals surface area contributed by atoms with Crippen molar-refractivity contribution in [2.75, 3.05) is 24.3 Å². The van der Waals surface area contributed by atoms with Crippen molar-refractivity contribution < 1.29 is 9.21 Å². The molecule has 0 spiro atoms. The number of aromatic nitrogens is 6. The number of carbonyl (C=O) groups excluding carboxylic acids is 1. The van der Waals surface area contributed by atoms with Crippen LogP contribution in [0.3, 0.4) is 0 Å². The predicted molar refractivity (Wildman–Crippen MR) is 97.8 cm³/mol. The van der Waals surface area contributed by atoms with Crippen LogP contribution in [0.4, 0.5) is 11.6 Å². The highest BCUT2D eigenvalue weighted by Crippen LogP contribution is 2.20. The van der Waals surface area contributed by atoms with Crippen molar-refractivity contribution in [3.8, 4) is 0 Å². The first-order valence-electron chi connectivity index (χ1n) is 8.28. The molecule has 0 fully saturated rings. The van der Waals surface area contributed by atoms with Gasteiger partial charge in [-0.1, -0.05) is 5.21 Å². The van der Waals surface area contributed by atoms with Gasteiger partial charge in [0.25, 0.3) is 5.91 Å². The topological polar surface area (TPSA) is 106 Å². The molecule has 10 heteroatoms. The highest BCUT2D eigenvalue weighted by Gasteiger charge is 2.15. The average Bonchev–Trinajstić information content (AvgIpc) is 3.34. The smallest absolute Gasteiger partial charge is 0.292 e. The molecule has 0 aliphatic rings. The molecule has 0 saturated heterocycles. The van der Waals surface area contributed by atoms with Crippen molar-refractivity contribution in [3.63, 3.8) is 0 Å². The highest BCUT2D eigenvalue weighted by molar-refractivity contribution is 6.02. The number of hydrogen-bond donors (Lipinski definition) is 1. The quantitative estimate of drug-likeness (QED) is 0.571. The number of nitrogens with zero attached hydrogens (tertiary/aromatic N) is 7. The molecule has 4 rings (SSSR count). The van der Waals surface area contributed by atoms with Gasteiger partial charge in [0, 0.05) is 32.4 Å². The maximum atomic E-state index is 12.5. The van der Waals surface area contributed by atoms with Gasteiger partial charge in [-0.3, -0.25) is 4.79 Å². The first-order chi connectivity index (χ1) is 13.0. The van der Waals surface area contributed by atoms with Crippen molar-refractivity contribution in [1.82, 2.24) is 29.6 Å². The lowest BCUT2D eigenvalue weighted by Gasteiger charge is -2.15. The van der Waals surface area contributed by atoms with Gasteiger partial charge in [0.15, 0.2) is 11.4 Å². The van der Waals surface area contributed by atoms with Gasteiger partial charge in [0.2, 0.25) is 0 Å². The molecule has 4 heterocycles. The van der Waals surface area contributed by atoms with Crippen LogP contribution in [0, 0.1) is 6.92 Å². The van der Waals surface area contributed by atoms with Crippen LogP contribution in [0.25, 0.3) is 5.65 Å². The molecule has 1 amide bonds. The summed E-state index contributed by atoms with van der Waals surface area (Å²) in [4.78, 5) is 18.9. The number of amides is 1. The van der Waals surface area contributed by atoms with E-state index in [4.69, 9.17) is 4.42 Å². The molecule has 0 unspecified atom stereocenters. The minimum atomic E-state index is -0.377. The number of aryl methyl sites for hydroxylation is 1. The standard InChI is InChI=1S/C17H18N8O2/c1-11-8-15-19-14(9-16(23(2)3)25(15)21-11)20-17(26)13-5-4-12(27-13)10-24-7-6-18-22-24/h4-9H,10H2,1-3H3,(H,19,20,26). The van der Waals surface area contributed by atoms with Crippen LogP contribution < -0.4 is 10.2 Å². The Kier molecular flexibility index (Phi) is 4.07. The molecular formula is C17H18N8O2. The molecule has 27 heavy (non-hydrogen) atoms. The predicted octanol–water partition coefficient (Wildman–Crippen LogP) is 1.59. The van der Waals surface area contributed by atoms with Crippen LogP contribution in [0.2, 0.25) is 0 Å². The van der Waals surface area contributed by atoms with Crippen LogP contribution in [-0.4, -0.2) is 49.6 Å². The molecule has 0 aliphatic carbocycles. The fourth-order valence-corrected chi connectivity index (χ4v) is 2.70. The van der Waals surface area contributed by atoms with Crippen molar-refractivity contribution in [2.24, 2.45) is 0 Å². The lowest BCUT2D eigenvalue weighted by atomic mass is 10.4. The summed E-state index contributed by atoms with van der Waals surface area (Å²) in [5, 5.41) is 14.8. The summed E-state index contributed by atoms with van der Waals surface area (Å²) >= 11 is 0. The zero-order valence-electron chi connectivity index (χ0n) is 15.1. The SMILES string of the molecule is Cc1cc2nc(NC(=O)c3ccc(Cn4ccnn4)o3)cc(N(C)C)n2n1. The Hall–Kier alpha value is -3.69. The van der Waals surface area contributed by atoms with E-state index in [0.717, 1.165) is 11.5 Å². The minimum absolute atomic E-state index is 0.197. The lowest BCUT2D eigenvalue weighted by Crippen LogP contribution is -2.17. The second kappa shape index (κ2) is 6.56. The molecule has 1 N–H and O–H groups in total. The van der Waals surface area contributed by atoms with Gasteiger partial charge >= 0.3 is 0 Å². The monoisotopic (exact) mass is 366 g/mol. The summed E-state index contributed by atoms with van der Waals surface area (Å²) in [5.41, 5.74) is 1.50. The van der Waals surface area contributed by atoms with Gasteiger partial charge in [0.05, 0.1) is 11.9 Å². The van der Waals surface area contributed by atoms with Crippen LogP contribution >= 0.6 is 0 Å². The summed E-state index contributed by atoms with van der Waals surface area (Å²) in [7, 11) is 3.81. The minimum Gasteiger partial charge on any atom is -0.454 e. The lowest BCUT2D eigenvalue weighted by molar-refractivity contribution is 0.0994.